The minimum absolute atomic E-state index is 0.165. The second kappa shape index (κ2) is 7.41. The number of thiophene rings is 1. The Morgan fingerprint density at radius 1 is 1.12 bits per heavy atom. The van der Waals surface area contributed by atoms with E-state index in [9.17, 15) is 14.4 Å². The Labute approximate surface area is 157 Å². The predicted octanol–water partition coefficient (Wildman–Crippen LogP) is 3.38. The van der Waals surface area contributed by atoms with E-state index < -0.39 is 17.9 Å². The van der Waals surface area contributed by atoms with E-state index in [0.29, 0.717) is 24.1 Å². The maximum atomic E-state index is 12.9. The molecule has 1 N–H and O–H groups in total. The fourth-order valence-electron chi connectivity index (χ4n) is 3.14. The normalized spacial score (nSPS) is 14.7. The molecule has 2 heterocycles. The van der Waals surface area contributed by atoms with Crippen LogP contribution in [0.1, 0.15) is 51.4 Å². The molecule has 1 aromatic heterocycles. The molecule has 0 spiro atoms. The van der Waals surface area contributed by atoms with Crippen molar-refractivity contribution in [2.24, 2.45) is 5.92 Å². The maximum absolute atomic E-state index is 12.9. The first-order valence-corrected chi connectivity index (χ1v) is 9.55. The van der Waals surface area contributed by atoms with Gasteiger partial charge in [-0.1, -0.05) is 26.0 Å². The van der Waals surface area contributed by atoms with Gasteiger partial charge in [0, 0.05) is 4.88 Å². The van der Waals surface area contributed by atoms with Crippen molar-refractivity contribution in [1.29, 1.82) is 0 Å². The average Bonchev–Trinajstić information content (AvgIpc) is 3.13. The van der Waals surface area contributed by atoms with E-state index >= 15 is 0 Å². The molecule has 0 radical (unpaired) electrons. The number of fused-ring (bicyclic) bond motifs is 1. The number of benzene rings is 1. The number of nitrogens with one attached hydrogen (secondary N) is 1. The second-order valence-corrected chi connectivity index (χ2v) is 7.92. The van der Waals surface area contributed by atoms with Crippen molar-refractivity contribution < 1.29 is 14.4 Å². The lowest BCUT2D eigenvalue weighted by molar-refractivity contribution is -0.125. The van der Waals surface area contributed by atoms with Gasteiger partial charge in [-0.3, -0.25) is 19.3 Å². The van der Waals surface area contributed by atoms with Crippen molar-refractivity contribution >= 4 is 29.1 Å². The Hall–Kier alpha value is -2.47. The zero-order valence-electron chi connectivity index (χ0n) is 15.1. The second-order valence-electron chi connectivity index (χ2n) is 6.92. The number of rotatable bonds is 6. The Kier molecular flexibility index (Phi) is 5.23. The van der Waals surface area contributed by atoms with Crippen LogP contribution in [0.5, 0.6) is 0 Å². The molecule has 1 aromatic carbocycles. The van der Waals surface area contributed by atoms with E-state index in [1.807, 2.05) is 32.2 Å². The van der Waals surface area contributed by atoms with Crippen molar-refractivity contribution in [2.75, 3.05) is 0 Å². The minimum atomic E-state index is -0.803. The van der Waals surface area contributed by atoms with Crippen LogP contribution in [0.15, 0.2) is 35.7 Å². The number of aryl methyl sites for hydroxylation is 1. The highest BCUT2D eigenvalue weighted by molar-refractivity contribution is 7.10. The lowest BCUT2D eigenvalue weighted by Crippen LogP contribution is -2.50. The van der Waals surface area contributed by atoms with Gasteiger partial charge in [-0.05, 0) is 48.4 Å². The largest absolute Gasteiger partial charge is 0.349 e. The summed E-state index contributed by atoms with van der Waals surface area (Å²) in [5.74, 6) is -0.906. The lowest BCUT2D eigenvalue weighted by Gasteiger charge is -2.26. The van der Waals surface area contributed by atoms with Gasteiger partial charge in [-0.2, -0.15) is 0 Å². The van der Waals surface area contributed by atoms with Crippen LogP contribution in [0.3, 0.4) is 0 Å². The first-order valence-electron chi connectivity index (χ1n) is 8.67. The minimum Gasteiger partial charge on any atom is -0.349 e. The molecule has 0 aliphatic carbocycles. The summed E-state index contributed by atoms with van der Waals surface area (Å²) < 4.78 is 0. The number of imide groups is 1. The first kappa shape index (κ1) is 18.3. The number of carbonyl (C=O) groups excluding carboxylic acids is 3. The van der Waals surface area contributed by atoms with Gasteiger partial charge in [-0.15, -0.1) is 11.3 Å². The van der Waals surface area contributed by atoms with Crippen molar-refractivity contribution in [3.63, 3.8) is 0 Å². The zero-order chi connectivity index (χ0) is 18.8. The molecular formula is C20H22N2O3S. The molecule has 26 heavy (non-hydrogen) atoms. The SMILES string of the molecule is Cc1ccsc1CNC(=O)C(CC(C)C)N1C(=O)c2ccccc2C1=O. The van der Waals surface area contributed by atoms with Crippen molar-refractivity contribution in [3.8, 4) is 0 Å². The molecule has 1 aliphatic heterocycles. The van der Waals surface area contributed by atoms with Crippen LogP contribution >= 0.6 is 11.3 Å². The summed E-state index contributed by atoms with van der Waals surface area (Å²) in [6.07, 6.45) is 0.431. The van der Waals surface area contributed by atoms with Gasteiger partial charge < -0.3 is 5.32 Å². The van der Waals surface area contributed by atoms with Gasteiger partial charge in [0.1, 0.15) is 6.04 Å². The average molecular weight is 370 g/mol. The van der Waals surface area contributed by atoms with Crippen LogP contribution in [0.25, 0.3) is 0 Å². The smallest absolute Gasteiger partial charge is 0.262 e. The highest BCUT2D eigenvalue weighted by Crippen LogP contribution is 2.27. The van der Waals surface area contributed by atoms with Gasteiger partial charge in [-0.25, -0.2) is 0 Å². The molecule has 3 amide bonds. The molecule has 0 saturated heterocycles. The fraction of sp³-hybridized carbons (Fsp3) is 0.350. The van der Waals surface area contributed by atoms with E-state index in [4.69, 9.17) is 0 Å². The van der Waals surface area contributed by atoms with Gasteiger partial charge >= 0.3 is 0 Å². The number of hydrogen-bond donors (Lipinski definition) is 1. The summed E-state index contributed by atoms with van der Waals surface area (Å²) in [5.41, 5.74) is 1.86. The molecular weight excluding hydrogens is 348 g/mol. The maximum Gasteiger partial charge on any atom is 0.262 e. The van der Waals surface area contributed by atoms with E-state index in [0.717, 1.165) is 15.3 Å². The summed E-state index contributed by atoms with van der Waals surface area (Å²) in [6, 6.07) is 7.92. The van der Waals surface area contributed by atoms with Crippen molar-refractivity contribution in [3.05, 3.63) is 57.3 Å². The molecule has 2 aromatic rings. The predicted molar refractivity (Wildman–Crippen MR) is 101 cm³/mol. The summed E-state index contributed by atoms with van der Waals surface area (Å²) in [6.45, 7) is 6.34. The standard InChI is InChI=1S/C20H22N2O3S/c1-12(2)10-16(18(23)21-11-17-13(3)8-9-26-17)22-19(24)14-6-4-5-7-15(14)20(22)25/h4-9,12,16H,10-11H2,1-3H3,(H,21,23). The molecule has 3 rings (SSSR count). The summed E-state index contributed by atoms with van der Waals surface area (Å²) in [5, 5.41) is 4.88. The third-order valence-corrected chi connectivity index (χ3v) is 5.55. The molecule has 1 atom stereocenters. The third kappa shape index (κ3) is 3.42. The quantitative estimate of drug-likeness (QED) is 0.793. The van der Waals surface area contributed by atoms with Gasteiger partial charge in [0.15, 0.2) is 0 Å². The number of nitrogens with zero attached hydrogens (tertiary/aromatic N) is 1. The summed E-state index contributed by atoms with van der Waals surface area (Å²) in [7, 11) is 0. The van der Waals surface area contributed by atoms with Crippen molar-refractivity contribution in [2.45, 2.75) is 39.8 Å². The molecule has 136 valence electrons. The van der Waals surface area contributed by atoms with E-state index in [1.165, 1.54) is 0 Å². The van der Waals surface area contributed by atoms with Crippen LogP contribution in [-0.2, 0) is 11.3 Å². The fourth-order valence-corrected chi connectivity index (χ4v) is 3.98. The molecule has 5 nitrogen and oxygen atoms in total. The van der Waals surface area contributed by atoms with Crippen LogP contribution in [0, 0.1) is 12.8 Å². The van der Waals surface area contributed by atoms with Crippen molar-refractivity contribution in [1.82, 2.24) is 10.2 Å². The lowest BCUT2D eigenvalue weighted by atomic mass is 10.0. The van der Waals surface area contributed by atoms with E-state index in [-0.39, 0.29) is 11.8 Å². The Balaban J connectivity index is 1.82. The van der Waals surface area contributed by atoms with Crippen LogP contribution < -0.4 is 5.32 Å². The summed E-state index contributed by atoms with van der Waals surface area (Å²) in [4.78, 5) is 40.6. The monoisotopic (exact) mass is 370 g/mol. The molecule has 0 fully saturated rings. The van der Waals surface area contributed by atoms with Gasteiger partial charge in [0.25, 0.3) is 11.8 Å². The topological polar surface area (TPSA) is 66.5 Å². The van der Waals surface area contributed by atoms with E-state index in [2.05, 4.69) is 5.32 Å². The highest BCUT2D eigenvalue weighted by Gasteiger charge is 2.42. The molecule has 1 unspecified atom stereocenters. The zero-order valence-corrected chi connectivity index (χ0v) is 15.9. The number of hydrogen-bond acceptors (Lipinski definition) is 4. The van der Waals surface area contributed by atoms with Gasteiger partial charge in [0.05, 0.1) is 17.7 Å². The van der Waals surface area contributed by atoms with Crippen LogP contribution in [0.2, 0.25) is 0 Å². The van der Waals surface area contributed by atoms with Gasteiger partial charge in [0.2, 0.25) is 5.91 Å². The summed E-state index contributed by atoms with van der Waals surface area (Å²) >= 11 is 1.58. The molecule has 6 heteroatoms. The Morgan fingerprint density at radius 2 is 1.73 bits per heavy atom. The molecule has 0 saturated carbocycles. The molecule has 0 bridgehead atoms. The Bertz CT molecular complexity index is 821. The molecule has 1 aliphatic rings. The third-order valence-electron chi connectivity index (χ3n) is 4.53. The highest BCUT2D eigenvalue weighted by atomic mass is 32.1. The van der Waals surface area contributed by atoms with E-state index in [1.54, 1.807) is 35.6 Å². The number of carbonyl (C=O) groups is 3. The van der Waals surface area contributed by atoms with Crippen LogP contribution in [-0.4, -0.2) is 28.7 Å². The Morgan fingerprint density at radius 3 is 2.23 bits per heavy atom. The number of amides is 3. The van der Waals surface area contributed by atoms with Crippen LogP contribution in [0.4, 0.5) is 0 Å². The first-order chi connectivity index (χ1) is 12.4.